The molecule has 1 saturated heterocycles. The van der Waals surface area contributed by atoms with Crippen LogP contribution in [0.1, 0.15) is 51.4 Å². The summed E-state index contributed by atoms with van der Waals surface area (Å²) in [4.78, 5) is 12.0. The van der Waals surface area contributed by atoms with E-state index in [4.69, 9.17) is 0 Å². The van der Waals surface area contributed by atoms with Crippen LogP contribution < -0.4 is 10.6 Å². The normalized spacial score (nSPS) is 26.3. The van der Waals surface area contributed by atoms with Gasteiger partial charge in [-0.1, -0.05) is 12.8 Å². The largest absolute Gasteiger partial charge is 0.355 e. The van der Waals surface area contributed by atoms with Crippen molar-refractivity contribution in [3.63, 3.8) is 0 Å². The van der Waals surface area contributed by atoms with E-state index >= 15 is 0 Å². The summed E-state index contributed by atoms with van der Waals surface area (Å²) in [7, 11) is 0. The first-order chi connectivity index (χ1) is 9.24. The smallest absolute Gasteiger partial charge is 0.220 e. The zero-order valence-corrected chi connectivity index (χ0v) is 13.0. The van der Waals surface area contributed by atoms with E-state index < -0.39 is 0 Å². The maximum atomic E-state index is 12.0. The fourth-order valence-corrected chi connectivity index (χ4v) is 4.24. The average Bonchev–Trinajstić information content (AvgIpc) is 2.93. The van der Waals surface area contributed by atoms with Crippen molar-refractivity contribution in [2.45, 2.75) is 56.1 Å². The fourth-order valence-electron chi connectivity index (χ4n) is 3.33. The van der Waals surface area contributed by atoms with Gasteiger partial charge in [-0.25, -0.2) is 0 Å². The Balaban J connectivity index is 1.63. The molecule has 0 radical (unpaired) electrons. The van der Waals surface area contributed by atoms with Crippen molar-refractivity contribution in [1.29, 1.82) is 0 Å². The van der Waals surface area contributed by atoms with Gasteiger partial charge in [-0.05, 0) is 57.4 Å². The van der Waals surface area contributed by atoms with E-state index in [2.05, 4.69) is 16.9 Å². The molecule has 1 atom stereocenters. The molecule has 1 heterocycles. The summed E-state index contributed by atoms with van der Waals surface area (Å²) in [6, 6.07) is 0. The Morgan fingerprint density at radius 2 is 2.16 bits per heavy atom. The lowest BCUT2D eigenvalue weighted by atomic mass is 9.94. The first-order valence-corrected chi connectivity index (χ1v) is 8.99. The van der Waals surface area contributed by atoms with Gasteiger partial charge in [0.25, 0.3) is 0 Å². The van der Waals surface area contributed by atoms with Gasteiger partial charge in [0.15, 0.2) is 0 Å². The summed E-state index contributed by atoms with van der Waals surface area (Å²) in [5.74, 6) is 0.964. The Morgan fingerprint density at radius 1 is 1.37 bits per heavy atom. The van der Waals surface area contributed by atoms with Crippen molar-refractivity contribution in [3.05, 3.63) is 0 Å². The van der Waals surface area contributed by atoms with Gasteiger partial charge in [-0.3, -0.25) is 4.79 Å². The highest BCUT2D eigenvalue weighted by atomic mass is 32.2. The zero-order chi connectivity index (χ0) is 13.6. The molecule has 2 fully saturated rings. The standard InChI is InChI=1S/C15H28N2OS/c1-19-15(8-2-3-9-15)12-17-14(18)7-6-13-5-4-10-16-11-13/h13,16H,2-12H2,1H3,(H,17,18). The third kappa shape index (κ3) is 4.67. The van der Waals surface area contributed by atoms with Crippen molar-refractivity contribution in [2.75, 3.05) is 25.9 Å². The maximum Gasteiger partial charge on any atom is 0.220 e. The molecule has 1 unspecified atom stereocenters. The van der Waals surface area contributed by atoms with Gasteiger partial charge < -0.3 is 10.6 Å². The summed E-state index contributed by atoms with van der Waals surface area (Å²) in [5, 5.41) is 6.59. The summed E-state index contributed by atoms with van der Waals surface area (Å²) in [6.45, 7) is 3.12. The molecule has 0 aromatic rings. The maximum absolute atomic E-state index is 12.0. The van der Waals surface area contributed by atoms with Crippen LogP contribution in [0.2, 0.25) is 0 Å². The van der Waals surface area contributed by atoms with Crippen LogP contribution in [-0.2, 0) is 4.79 Å². The highest BCUT2D eigenvalue weighted by Gasteiger charge is 2.33. The lowest BCUT2D eigenvalue weighted by molar-refractivity contribution is -0.121. The molecule has 1 amide bonds. The van der Waals surface area contributed by atoms with Gasteiger partial charge in [0.1, 0.15) is 0 Å². The number of carbonyl (C=O) groups excluding carboxylic acids is 1. The topological polar surface area (TPSA) is 41.1 Å². The van der Waals surface area contributed by atoms with Gasteiger partial charge in [0.05, 0.1) is 0 Å². The van der Waals surface area contributed by atoms with Crippen molar-refractivity contribution in [3.8, 4) is 0 Å². The molecule has 110 valence electrons. The van der Waals surface area contributed by atoms with E-state index in [0.29, 0.717) is 17.1 Å². The van der Waals surface area contributed by atoms with Crippen LogP contribution in [0.3, 0.4) is 0 Å². The van der Waals surface area contributed by atoms with Gasteiger partial charge >= 0.3 is 0 Å². The third-order valence-corrected chi connectivity index (χ3v) is 6.15. The van der Waals surface area contributed by atoms with Crippen molar-refractivity contribution in [1.82, 2.24) is 10.6 Å². The second kappa shape index (κ2) is 7.53. The first kappa shape index (κ1) is 15.2. The highest BCUT2D eigenvalue weighted by Crippen LogP contribution is 2.39. The Hall–Kier alpha value is -0.220. The quantitative estimate of drug-likeness (QED) is 0.787. The number of hydrogen-bond acceptors (Lipinski definition) is 3. The Kier molecular flexibility index (Phi) is 6.02. The van der Waals surface area contributed by atoms with Crippen LogP contribution in [0, 0.1) is 5.92 Å². The van der Waals surface area contributed by atoms with Crippen molar-refractivity contribution < 1.29 is 4.79 Å². The van der Waals surface area contributed by atoms with E-state index in [1.165, 1.54) is 38.5 Å². The number of piperidine rings is 1. The number of carbonyl (C=O) groups is 1. The minimum absolute atomic E-state index is 0.255. The SMILES string of the molecule is CSC1(CNC(=O)CCC2CCCNC2)CCCC1. The Bertz CT molecular complexity index is 284. The van der Waals surface area contributed by atoms with Gasteiger partial charge in [0, 0.05) is 17.7 Å². The molecule has 1 aliphatic carbocycles. The highest BCUT2D eigenvalue weighted by molar-refractivity contribution is 8.00. The molecule has 0 aromatic heterocycles. The molecule has 2 aliphatic rings. The molecule has 0 spiro atoms. The summed E-state index contributed by atoms with van der Waals surface area (Å²) < 4.78 is 0.335. The Labute approximate surface area is 121 Å². The van der Waals surface area contributed by atoms with Gasteiger partial charge in [0.2, 0.25) is 5.91 Å². The van der Waals surface area contributed by atoms with Crippen LogP contribution in [0.4, 0.5) is 0 Å². The minimum Gasteiger partial charge on any atom is -0.355 e. The summed E-state index contributed by atoms with van der Waals surface area (Å²) >= 11 is 1.94. The lowest BCUT2D eigenvalue weighted by Crippen LogP contribution is -2.38. The monoisotopic (exact) mass is 284 g/mol. The summed E-state index contributed by atoms with van der Waals surface area (Å²) in [5.41, 5.74) is 0. The van der Waals surface area contributed by atoms with E-state index in [9.17, 15) is 4.79 Å². The minimum atomic E-state index is 0.255. The van der Waals surface area contributed by atoms with E-state index in [1.54, 1.807) is 0 Å². The fraction of sp³-hybridized carbons (Fsp3) is 0.933. The van der Waals surface area contributed by atoms with E-state index in [1.807, 2.05) is 11.8 Å². The van der Waals surface area contributed by atoms with Gasteiger partial charge in [-0.15, -0.1) is 0 Å². The molecule has 19 heavy (non-hydrogen) atoms. The zero-order valence-electron chi connectivity index (χ0n) is 12.2. The number of nitrogens with one attached hydrogen (secondary N) is 2. The number of thioether (sulfide) groups is 1. The molecule has 0 aromatic carbocycles. The molecule has 1 aliphatic heterocycles. The second-order valence-electron chi connectivity index (χ2n) is 6.12. The number of amides is 1. The van der Waals surface area contributed by atoms with E-state index in [0.717, 1.165) is 26.1 Å². The summed E-state index contributed by atoms with van der Waals surface area (Å²) in [6.07, 6.45) is 11.7. The van der Waals surface area contributed by atoms with Gasteiger partial charge in [-0.2, -0.15) is 11.8 Å². The molecular weight excluding hydrogens is 256 g/mol. The molecule has 3 nitrogen and oxygen atoms in total. The van der Waals surface area contributed by atoms with Crippen LogP contribution in [-0.4, -0.2) is 36.5 Å². The number of hydrogen-bond donors (Lipinski definition) is 2. The molecule has 4 heteroatoms. The number of rotatable bonds is 6. The predicted molar refractivity (Wildman–Crippen MR) is 82.6 cm³/mol. The van der Waals surface area contributed by atoms with Crippen molar-refractivity contribution in [2.24, 2.45) is 5.92 Å². The molecule has 0 bridgehead atoms. The van der Waals surface area contributed by atoms with Crippen LogP contribution in [0.5, 0.6) is 0 Å². The lowest BCUT2D eigenvalue weighted by Gasteiger charge is -2.27. The molecule has 1 saturated carbocycles. The van der Waals surface area contributed by atoms with Crippen LogP contribution in [0.25, 0.3) is 0 Å². The molecular formula is C15H28N2OS. The van der Waals surface area contributed by atoms with Crippen LogP contribution in [0.15, 0.2) is 0 Å². The van der Waals surface area contributed by atoms with Crippen molar-refractivity contribution >= 4 is 17.7 Å². The Morgan fingerprint density at radius 3 is 2.79 bits per heavy atom. The van der Waals surface area contributed by atoms with Crippen LogP contribution >= 0.6 is 11.8 Å². The third-order valence-electron chi connectivity index (χ3n) is 4.73. The predicted octanol–water partition coefficient (Wildman–Crippen LogP) is 2.56. The second-order valence-corrected chi connectivity index (χ2v) is 7.40. The average molecular weight is 284 g/mol. The first-order valence-electron chi connectivity index (χ1n) is 7.77. The van der Waals surface area contributed by atoms with E-state index in [-0.39, 0.29) is 5.91 Å². The molecule has 2 rings (SSSR count). The molecule has 2 N–H and O–H groups in total.